The van der Waals surface area contributed by atoms with E-state index in [2.05, 4.69) is 15.9 Å². The lowest BCUT2D eigenvalue weighted by atomic mass is 9.93. The molecule has 0 aromatic heterocycles. The van der Waals surface area contributed by atoms with Gasteiger partial charge in [-0.3, -0.25) is 0 Å². The number of carbonyl (C=O) groups is 1. The topological polar surface area (TPSA) is 52.3 Å². The van der Waals surface area contributed by atoms with Gasteiger partial charge < -0.3 is 10.5 Å². The van der Waals surface area contributed by atoms with Gasteiger partial charge in [0, 0.05) is 0 Å². The molecule has 0 radical (unpaired) electrons. The Labute approximate surface area is 107 Å². The van der Waals surface area contributed by atoms with E-state index in [1.54, 1.807) is 13.0 Å². The summed E-state index contributed by atoms with van der Waals surface area (Å²) >= 11 is 3.19. The third-order valence-corrected chi connectivity index (χ3v) is 3.94. The zero-order chi connectivity index (χ0) is 12.6. The maximum Gasteiger partial charge on any atom is 0.330 e. The summed E-state index contributed by atoms with van der Waals surface area (Å²) < 4.78 is 18.7. The van der Waals surface area contributed by atoms with E-state index in [1.165, 1.54) is 6.07 Å². The molecule has 92 valence electrons. The number of ether oxygens (including phenoxy) is 1. The molecule has 1 aliphatic carbocycles. The molecule has 1 atom stereocenters. The highest BCUT2D eigenvalue weighted by Gasteiger charge is 2.44. The summed E-state index contributed by atoms with van der Waals surface area (Å²) in [4.78, 5) is 11.9. The number of esters is 1. The van der Waals surface area contributed by atoms with Gasteiger partial charge in [0.05, 0.1) is 11.1 Å². The van der Waals surface area contributed by atoms with Crippen LogP contribution in [0.3, 0.4) is 0 Å². The lowest BCUT2D eigenvalue weighted by molar-refractivity contribution is -0.150. The average molecular weight is 302 g/mol. The van der Waals surface area contributed by atoms with Gasteiger partial charge in [-0.2, -0.15) is 0 Å². The minimum atomic E-state index is -1.14. The van der Waals surface area contributed by atoms with Crippen molar-refractivity contribution in [1.29, 1.82) is 0 Å². The number of hydrogen-bond donors (Lipinski definition) is 1. The summed E-state index contributed by atoms with van der Waals surface area (Å²) in [5.74, 6) is -0.783. The maximum atomic E-state index is 13.4. The Morgan fingerprint density at radius 1 is 1.65 bits per heavy atom. The van der Waals surface area contributed by atoms with Crippen molar-refractivity contribution >= 4 is 21.9 Å². The number of fused-ring (bicyclic) bond motifs is 1. The molecule has 0 saturated carbocycles. The van der Waals surface area contributed by atoms with Crippen LogP contribution in [0.2, 0.25) is 0 Å². The Morgan fingerprint density at radius 3 is 3.00 bits per heavy atom. The summed E-state index contributed by atoms with van der Waals surface area (Å²) in [5, 5.41) is 0. The third kappa shape index (κ3) is 1.87. The highest BCUT2D eigenvalue weighted by molar-refractivity contribution is 9.10. The van der Waals surface area contributed by atoms with E-state index in [9.17, 15) is 9.18 Å². The molecule has 0 amide bonds. The minimum absolute atomic E-state index is 0.287. The third-order valence-electron chi connectivity index (χ3n) is 3.09. The smallest absolute Gasteiger partial charge is 0.330 e. The number of nitrogens with two attached hydrogens (primary N) is 1. The molecule has 0 heterocycles. The second-order valence-electron chi connectivity index (χ2n) is 4.08. The van der Waals surface area contributed by atoms with Crippen molar-refractivity contribution in [2.75, 3.05) is 6.61 Å². The van der Waals surface area contributed by atoms with Gasteiger partial charge in [0.2, 0.25) is 0 Å². The molecular formula is C12H13BrFNO2. The molecule has 1 unspecified atom stereocenters. The van der Waals surface area contributed by atoms with Crippen molar-refractivity contribution in [3.63, 3.8) is 0 Å². The molecule has 1 aromatic carbocycles. The van der Waals surface area contributed by atoms with Gasteiger partial charge in [0.25, 0.3) is 0 Å². The summed E-state index contributed by atoms with van der Waals surface area (Å²) in [6, 6.07) is 2.88. The fraction of sp³-hybridized carbons (Fsp3) is 0.417. The molecule has 5 heteroatoms. The molecule has 0 spiro atoms. The number of rotatable bonds is 2. The molecule has 1 aromatic rings. The maximum absolute atomic E-state index is 13.4. The molecule has 0 saturated heterocycles. The fourth-order valence-electron chi connectivity index (χ4n) is 2.18. The summed E-state index contributed by atoms with van der Waals surface area (Å²) in [6.07, 6.45) is 1.02. The first-order valence-electron chi connectivity index (χ1n) is 5.44. The molecule has 17 heavy (non-hydrogen) atoms. The molecule has 1 aliphatic rings. The van der Waals surface area contributed by atoms with Crippen molar-refractivity contribution in [1.82, 2.24) is 0 Å². The number of hydrogen-bond acceptors (Lipinski definition) is 3. The lowest BCUT2D eigenvalue weighted by Crippen LogP contribution is -2.44. The van der Waals surface area contributed by atoms with E-state index in [0.29, 0.717) is 22.9 Å². The molecule has 0 bridgehead atoms. The van der Waals surface area contributed by atoms with Crippen LogP contribution in [0.25, 0.3) is 0 Å². The molecule has 2 rings (SSSR count). The van der Waals surface area contributed by atoms with Crippen LogP contribution in [0.1, 0.15) is 24.5 Å². The number of carbonyl (C=O) groups excluding carboxylic acids is 1. The Bertz CT molecular complexity index is 478. The predicted molar refractivity (Wildman–Crippen MR) is 64.9 cm³/mol. The predicted octanol–water partition coefficient (Wildman–Crippen LogP) is 2.25. The largest absolute Gasteiger partial charge is 0.464 e. The Kier molecular flexibility index (Phi) is 3.23. The average Bonchev–Trinajstić information content (AvgIpc) is 2.64. The van der Waals surface area contributed by atoms with Crippen molar-refractivity contribution in [2.45, 2.75) is 25.3 Å². The first kappa shape index (κ1) is 12.5. The van der Waals surface area contributed by atoms with Crippen LogP contribution in [0, 0.1) is 5.82 Å². The van der Waals surface area contributed by atoms with Crippen molar-refractivity contribution < 1.29 is 13.9 Å². The van der Waals surface area contributed by atoms with Crippen LogP contribution in [-0.2, 0) is 21.5 Å². The van der Waals surface area contributed by atoms with Gasteiger partial charge in [-0.05, 0) is 52.9 Å². The second-order valence-corrected chi connectivity index (χ2v) is 4.87. The Morgan fingerprint density at radius 2 is 2.35 bits per heavy atom. The highest BCUT2D eigenvalue weighted by atomic mass is 79.9. The zero-order valence-electron chi connectivity index (χ0n) is 9.43. The van der Waals surface area contributed by atoms with E-state index in [-0.39, 0.29) is 12.4 Å². The summed E-state index contributed by atoms with van der Waals surface area (Å²) in [5.41, 5.74) is 6.39. The van der Waals surface area contributed by atoms with Gasteiger partial charge in [-0.15, -0.1) is 0 Å². The first-order valence-corrected chi connectivity index (χ1v) is 6.23. The van der Waals surface area contributed by atoms with E-state index in [0.717, 1.165) is 5.56 Å². The summed E-state index contributed by atoms with van der Waals surface area (Å²) in [6.45, 7) is 2.02. The first-order chi connectivity index (χ1) is 8.00. The van der Waals surface area contributed by atoms with E-state index >= 15 is 0 Å². The van der Waals surface area contributed by atoms with Gasteiger partial charge >= 0.3 is 5.97 Å². The molecule has 0 fully saturated rings. The van der Waals surface area contributed by atoms with Gasteiger partial charge in [0.15, 0.2) is 0 Å². The van der Waals surface area contributed by atoms with Crippen molar-refractivity contribution in [3.8, 4) is 0 Å². The molecule has 0 aliphatic heterocycles. The van der Waals surface area contributed by atoms with Crippen LogP contribution >= 0.6 is 15.9 Å². The molecule has 3 nitrogen and oxygen atoms in total. The van der Waals surface area contributed by atoms with E-state index < -0.39 is 11.5 Å². The van der Waals surface area contributed by atoms with Crippen LogP contribution in [0.5, 0.6) is 0 Å². The van der Waals surface area contributed by atoms with Crippen LogP contribution in [0.15, 0.2) is 16.6 Å². The fourth-order valence-corrected chi connectivity index (χ4v) is 2.73. The zero-order valence-corrected chi connectivity index (χ0v) is 11.0. The van der Waals surface area contributed by atoms with Gasteiger partial charge in [-0.1, -0.05) is 6.07 Å². The lowest BCUT2D eigenvalue weighted by Gasteiger charge is -2.22. The van der Waals surface area contributed by atoms with Gasteiger partial charge in [-0.25, -0.2) is 9.18 Å². The van der Waals surface area contributed by atoms with E-state index in [4.69, 9.17) is 10.5 Å². The highest BCUT2D eigenvalue weighted by Crippen LogP contribution is 2.40. The van der Waals surface area contributed by atoms with Crippen LogP contribution in [-0.4, -0.2) is 12.6 Å². The quantitative estimate of drug-likeness (QED) is 0.853. The standard InChI is InChI=1S/C12H13BrFNO2/c1-2-17-11(16)12(15)6-5-7-8(12)3-4-9(14)10(7)13/h3-4H,2,5-6,15H2,1H3. The Hall–Kier alpha value is -0.940. The summed E-state index contributed by atoms with van der Waals surface area (Å²) in [7, 11) is 0. The van der Waals surface area contributed by atoms with Crippen molar-refractivity contribution in [2.24, 2.45) is 5.73 Å². The SMILES string of the molecule is CCOC(=O)C1(N)CCc2c1ccc(F)c2Br. The number of benzene rings is 1. The minimum Gasteiger partial charge on any atom is -0.464 e. The van der Waals surface area contributed by atoms with Gasteiger partial charge in [0.1, 0.15) is 11.4 Å². The van der Waals surface area contributed by atoms with Crippen LogP contribution < -0.4 is 5.73 Å². The monoisotopic (exact) mass is 301 g/mol. The second kappa shape index (κ2) is 4.38. The number of halogens is 2. The molecular weight excluding hydrogens is 289 g/mol. The van der Waals surface area contributed by atoms with Crippen molar-refractivity contribution in [3.05, 3.63) is 33.5 Å². The van der Waals surface area contributed by atoms with E-state index in [1.807, 2.05) is 0 Å². The van der Waals surface area contributed by atoms with Crippen LogP contribution in [0.4, 0.5) is 4.39 Å². The molecule has 2 N–H and O–H groups in total. The normalized spacial score (nSPS) is 22.4. The Balaban J connectivity index is 2.47.